The van der Waals surface area contributed by atoms with Crippen LogP contribution in [-0.4, -0.2) is 34.9 Å². The first-order valence-electron chi connectivity index (χ1n) is 9.24. The van der Waals surface area contributed by atoms with Gasteiger partial charge in [0.1, 0.15) is 0 Å². The molecule has 0 saturated carbocycles. The highest BCUT2D eigenvalue weighted by atomic mass is 16.2. The number of carbonyl (C=O) groups excluding carboxylic acids is 2. The molecule has 0 saturated heterocycles. The second kappa shape index (κ2) is 5.61. The van der Waals surface area contributed by atoms with Gasteiger partial charge in [0, 0.05) is 35.2 Å². The van der Waals surface area contributed by atoms with Gasteiger partial charge in [0.05, 0.1) is 5.69 Å². The fraction of sp³-hybridized carbons (Fsp3) is 0.238. The molecule has 0 unspecified atom stereocenters. The van der Waals surface area contributed by atoms with E-state index in [1.165, 1.54) is 0 Å². The summed E-state index contributed by atoms with van der Waals surface area (Å²) in [5, 5.41) is 6.98. The van der Waals surface area contributed by atoms with Crippen molar-refractivity contribution < 1.29 is 9.59 Å². The normalized spacial score (nSPS) is 20.5. The van der Waals surface area contributed by atoms with Crippen molar-refractivity contribution >= 4 is 28.5 Å². The third-order valence-corrected chi connectivity index (χ3v) is 5.63. The van der Waals surface area contributed by atoms with Crippen molar-refractivity contribution in [3.8, 4) is 0 Å². The number of nitrogens with zero attached hydrogens (tertiary/aromatic N) is 1. The number of benzene rings is 2. The fourth-order valence-electron chi connectivity index (χ4n) is 4.55. The Kier molecular flexibility index (Phi) is 3.31. The zero-order valence-corrected chi connectivity index (χ0v) is 15.0. The molecule has 1 aromatic heterocycles. The summed E-state index contributed by atoms with van der Waals surface area (Å²) in [4.78, 5) is 31.5. The highest BCUT2D eigenvalue weighted by Gasteiger charge is 2.58. The average Bonchev–Trinajstić information content (AvgIpc) is 3.19. The molecule has 136 valence electrons. The summed E-state index contributed by atoms with van der Waals surface area (Å²) in [5.74, 6) is -0.192. The van der Waals surface area contributed by atoms with Crippen LogP contribution in [-0.2, 0) is 16.8 Å². The minimum absolute atomic E-state index is 0.192. The molecule has 27 heavy (non-hydrogen) atoms. The molecule has 2 aromatic carbocycles. The van der Waals surface area contributed by atoms with Crippen LogP contribution >= 0.6 is 0 Å². The standard InChI is InChI=1S/C21H20N4O2/c1-2-22-20(27)25-12-11-14-13-7-3-5-9-16(13)23-18(14)21(25)15-8-4-6-10-17(15)24-19(21)26/h3-10,23H,2,11-12H2,1H3,(H,22,27)(H,24,26)/t21-/m1/s1. The first kappa shape index (κ1) is 15.9. The number of anilines is 1. The Balaban J connectivity index is 1.84. The predicted octanol–water partition coefficient (Wildman–Crippen LogP) is 2.95. The Bertz CT molecular complexity index is 1090. The Morgan fingerprint density at radius 3 is 2.81 bits per heavy atom. The number of rotatable bonds is 1. The van der Waals surface area contributed by atoms with Crippen LogP contribution in [0.5, 0.6) is 0 Å². The van der Waals surface area contributed by atoms with Crippen molar-refractivity contribution in [2.75, 3.05) is 18.4 Å². The van der Waals surface area contributed by atoms with Crippen molar-refractivity contribution in [2.45, 2.75) is 18.9 Å². The number of H-pyrrole nitrogens is 1. The lowest BCUT2D eigenvalue weighted by molar-refractivity contribution is -0.124. The Labute approximate surface area is 156 Å². The largest absolute Gasteiger partial charge is 0.355 e. The molecule has 0 radical (unpaired) electrons. The molecule has 2 aliphatic heterocycles. The van der Waals surface area contributed by atoms with Crippen LogP contribution in [0.25, 0.3) is 10.9 Å². The van der Waals surface area contributed by atoms with E-state index in [2.05, 4.69) is 21.7 Å². The lowest BCUT2D eigenvalue weighted by atomic mass is 9.80. The number of hydrogen-bond acceptors (Lipinski definition) is 2. The summed E-state index contributed by atoms with van der Waals surface area (Å²) in [6.07, 6.45) is 0.702. The quantitative estimate of drug-likeness (QED) is 0.624. The summed E-state index contributed by atoms with van der Waals surface area (Å²) in [6.45, 7) is 2.86. The smallest absolute Gasteiger partial charge is 0.318 e. The van der Waals surface area contributed by atoms with Crippen molar-refractivity contribution in [3.05, 3.63) is 65.4 Å². The van der Waals surface area contributed by atoms with E-state index in [-0.39, 0.29) is 11.9 Å². The van der Waals surface area contributed by atoms with E-state index in [1.54, 1.807) is 4.90 Å². The van der Waals surface area contributed by atoms with Gasteiger partial charge >= 0.3 is 6.03 Å². The maximum Gasteiger partial charge on any atom is 0.318 e. The Morgan fingerprint density at radius 2 is 1.96 bits per heavy atom. The number of nitrogens with one attached hydrogen (secondary N) is 3. The molecule has 3 N–H and O–H groups in total. The van der Waals surface area contributed by atoms with E-state index in [4.69, 9.17) is 0 Å². The van der Waals surface area contributed by atoms with E-state index >= 15 is 0 Å². The van der Waals surface area contributed by atoms with Crippen LogP contribution in [0.2, 0.25) is 0 Å². The molecule has 5 rings (SSSR count). The molecule has 0 aliphatic carbocycles. The highest BCUT2D eigenvalue weighted by Crippen LogP contribution is 2.49. The van der Waals surface area contributed by atoms with Crippen LogP contribution in [0, 0.1) is 0 Å². The number of aromatic amines is 1. The van der Waals surface area contributed by atoms with Crippen LogP contribution in [0.4, 0.5) is 10.5 Å². The zero-order valence-electron chi connectivity index (χ0n) is 15.0. The number of para-hydroxylation sites is 2. The van der Waals surface area contributed by atoms with Crippen molar-refractivity contribution in [1.29, 1.82) is 0 Å². The Morgan fingerprint density at radius 1 is 1.19 bits per heavy atom. The van der Waals surface area contributed by atoms with E-state index in [0.717, 1.165) is 33.4 Å². The summed E-state index contributed by atoms with van der Waals surface area (Å²) in [7, 11) is 0. The van der Waals surface area contributed by atoms with Crippen molar-refractivity contribution in [2.24, 2.45) is 0 Å². The molecule has 1 spiro atoms. The van der Waals surface area contributed by atoms with Gasteiger partial charge in [-0.3, -0.25) is 4.79 Å². The molecule has 0 bridgehead atoms. The molecule has 3 aromatic rings. The minimum Gasteiger partial charge on any atom is -0.355 e. The molecular formula is C21H20N4O2. The van der Waals surface area contributed by atoms with Gasteiger partial charge in [-0.2, -0.15) is 0 Å². The number of fused-ring (bicyclic) bond motifs is 6. The van der Waals surface area contributed by atoms with E-state index in [1.807, 2.05) is 49.4 Å². The summed E-state index contributed by atoms with van der Waals surface area (Å²) in [6, 6.07) is 15.4. The summed E-state index contributed by atoms with van der Waals surface area (Å²) >= 11 is 0. The number of amides is 3. The second-order valence-electron chi connectivity index (χ2n) is 6.97. The lowest BCUT2D eigenvalue weighted by Gasteiger charge is -2.42. The third-order valence-electron chi connectivity index (χ3n) is 5.63. The lowest BCUT2D eigenvalue weighted by Crippen LogP contribution is -2.60. The first-order chi connectivity index (χ1) is 13.2. The van der Waals surface area contributed by atoms with Crippen LogP contribution < -0.4 is 10.6 Å². The van der Waals surface area contributed by atoms with Gasteiger partial charge in [-0.1, -0.05) is 36.4 Å². The van der Waals surface area contributed by atoms with Gasteiger partial charge in [-0.15, -0.1) is 0 Å². The first-order valence-corrected chi connectivity index (χ1v) is 9.24. The summed E-state index contributed by atoms with van der Waals surface area (Å²) < 4.78 is 0. The number of hydrogen-bond donors (Lipinski definition) is 3. The molecule has 6 nitrogen and oxygen atoms in total. The SMILES string of the molecule is CCNC(=O)N1CCc2c([nH]c3ccccc23)[C@]12C(=O)Nc1ccccc12. The molecule has 2 aliphatic rings. The van der Waals surface area contributed by atoms with E-state index < -0.39 is 5.54 Å². The van der Waals surface area contributed by atoms with Gasteiger partial charge in [-0.25, -0.2) is 4.79 Å². The van der Waals surface area contributed by atoms with Crippen LogP contribution in [0.15, 0.2) is 48.5 Å². The molecule has 3 heterocycles. The zero-order chi connectivity index (χ0) is 18.6. The van der Waals surface area contributed by atoms with Gasteiger partial charge in [0.2, 0.25) is 0 Å². The van der Waals surface area contributed by atoms with E-state index in [9.17, 15) is 9.59 Å². The molecule has 0 fully saturated rings. The molecule has 1 atom stereocenters. The van der Waals surface area contributed by atoms with Crippen LogP contribution in [0.3, 0.4) is 0 Å². The minimum atomic E-state index is -1.18. The number of carbonyl (C=O) groups is 2. The molecule has 6 heteroatoms. The Hall–Kier alpha value is -3.28. The van der Waals surface area contributed by atoms with Crippen molar-refractivity contribution in [3.63, 3.8) is 0 Å². The monoisotopic (exact) mass is 360 g/mol. The van der Waals surface area contributed by atoms with E-state index in [0.29, 0.717) is 19.5 Å². The predicted molar refractivity (Wildman–Crippen MR) is 104 cm³/mol. The van der Waals surface area contributed by atoms with Gasteiger partial charge in [0.25, 0.3) is 5.91 Å². The van der Waals surface area contributed by atoms with Crippen LogP contribution in [0.1, 0.15) is 23.7 Å². The maximum atomic E-state index is 13.4. The van der Waals surface area contributed by atoms with Gasteiger partial charge in [0.15, 0.2) is 5.54 Å². The number of aromatic nitrogens is 1. The highest BCUT2D eigenvalue weighted by molar-refractivity contribution is 6.11. The third kappa shape index (κ3) is 1.95. The average molecular weight is 360 g/mol. The van der Waals surface area contributed by atoms with Crippen molar-refractivity contribution in [1.82, 2.24) is 15.2 Å². The second-order valence-corrected chi connectivity index (χ2v) is 6.97. The maximum absolute atomic E-state index is 13.4. The van der Waals surface area contributed by atoms with Gasteiger partial charge in [-0.05, 0) is 31.0 Å². The van der Waals surface area contributed by atoms with Gasteiger partial charge < -0.3 is 20.5 Å². The molecular weight excluding hydrogens is 340 g/mol. The topological polar surface area (TPSA) is 77.2 Å². The summed E-state index contributed by atoms with van der Waals surface area (Å²) in [5.41, 5.74) is 3.28. The number of urea groups is 1. The molecule has 3 amide bonds. The fourth-order valence-corrected chi connectivity index (χ4v) is 4.55.